The van der Waals surface area contributed by atoms with Crippen molar-refractivity contribution in [1.82, 2.24) is 4.90 Å². The smallest absolute Gasteiger partial charge is 0.251 e. The predicted octanol–water partition coefficient (Wildman–Crippen LogP) is 2.53. The number of hydrogen-bond donors (Lipinski definition) is 0. The summed E-state index contributed by atoms with van der Waals surface area (Å²) in [5, 5.41) is 0. The van der Waals surface area contributed by atoms with E-state index in [1.54, 1.807) is 0 Å². The van der Waals surface area contributed by atoms with Gasteiger partial charge in [0.05, 0.1) is 13.2 Å². The van der Waals surface area contributed by atoms with Crippen LogP contribution in [0.2, 0.25) is 0 Å². The second-order valence-electron chi connectivity index (χ2n) is 6.14. The number of rotatable bonds is 4. The van der Waals surface area contributed by atoms with Crippen LogP contribution in [0.4, 0.5) is 0 Å². The highest BCUT2D eigenvalue weighted by molar-refractivity contribution is 5.80. The molecule has 0 aromatic heterocycles. The van der Waals surface area contributed by atoms with E-state index in [9.17, 15) is 4.79 Å². The predicted molar refractivity (Wildman–Crippen MR) is 80.2 cm³/mol. The van der Waals surface area contributed by atoms with Gasteiger partial charge in [0.15, 0.2) is 0 Å². The average molecular weight is 289 g/mol. The van der Waals surface area contributed by atoms with E-state index in [2.05, 4.69) is 13.0 Å². The first-order valence-electron chi connectivity index (χ1n) is 7.76. The Morgan fingerprint density at radius 1 is 1.48 bits per heavy atom. The lowest BCUT2D eigenvalue weighted by atomic mass is 10.1. The van der Waals surface area contributed by atoms with E-state index in [-0.39, 0.29) is 12.0 Å². The maximum atomic E-state index is 12.5. The Hall–Kier alpha value is -1.55. The fourth-order valence-corrected chi connectivity index (χ4v) is 2.60. The lowest BCUT2D eigenvalue weighted by Gasteiger charge is -2.24. The summed E-state index contributed by atoms with van der Waals surface area (Å²) in [4.78, 5) is 14.4. The van der Waals surface area contributed by atoms with Crippen LogP contribution in [0.15, 0.2) is 18.2 Å². The van der Waals surface area contributed by atoms with E-state index in [4.69, 9.17) is 9.47 Å². The number of aryl methyl sites for hydroxylation is 1. The van der Waals surface area contributed by atoms with Gasteiger partial charge in [-0.25, -0.2) is 0 Å². The maximum Gasteiger partial charge on any atom is 0.251 e. The first kappa shape index (κ1) is 14.4. The highest BCUT2D eigenvalue weighted by Gasteiger charge is 2.27. The largest absolute Gasteiger partial charge is 0.491 e. The molecule has 1 aliphatic heterocycles. The summed E-state index contributed by atoms with van der Waals surface area (Å²) in [6, 6.07) is 6.13. The van der Waals surface area contributed by atoms with Gasteiger partial charge in [0.25, 0.3) is 5.91 Å². The van der Waals surface area contributed by atoms with Crippen LogP contribution in [0.1, 0.15) is 30.9 Å². The van der Waals surface area contributed by atoms with E-state index >= 15 is 0 Å². The molecule has 0 radical (unpaired) electrons. The fraction of sp³-hybridized carbons (Fsp3) is 0.588. The molecule has 1 fully saturated rings. The topological polar surface area (TPSA) is 38.8 Å². The number of benzene rings is 1. The van der Waals surface area contributed by atoms with E-state index in [0.29, 0.717) is 32.2 Å². The third-order valence-corrected chi connectivity index (χ3v) is 4.13. The number of nitrogens with zero attached hydrogens (tertiary/aromatic N) is 1. The molecule has 2 aliphatic rings. The van der Waals surface area contributed by atoms with Crippen molar-refractivity contribution in [3.63, 3.8) is 0 Å². The molecule has 1 aromatic carbocycles. The molecule has 1 unspecified atom stereocenters. The van der Waals surface area contributed by atoms with Crippen LogP contribution < -0.4 is 4.74 Å². The van der Waals surface area contributed by atoms with Crippen molar-refractivity contribution in [1.29, 1.82) is 0 Å². The number of ether oxygens (including phenoxy) is 2. The van der Waals surface area contributed by atoms with Gasteiger partial charge >= 0.3 is 0 Å². The van der Waals surface area contributed by atoms with Crippen LogP contribution in [0.25, 0.3) is 0 Å². The van der Waals surface area contributed by atoms with Crippen LogP contribution in [0, 0.1) is 12.8 Å². The molecule has 1 amide bonds. The fourth-order valence-electron chi connectivity index (χ4n) is 2.60. The van der Waals surface area contributed by atoms with E-state index in [1.165, 1.54) is 18.4 Å². The molecule has 0 bridgehead atoms. The van der Waals surface area contributed by atoms with Gasteiger partial charge in [-0.1, -0.05) is 17.7 Å². The molecule has 1 saturated carbocycles. The Balaban J connectivity index is 1.65. The first-order valence-corrected chi connectivity index (χ1v) is 7.76. The third-order valence-electron chi connectivity index (χ3n) is 4.13. The molecule has 21 heavy (non-hydrogen) atoms. The Morgan fingerprint density at radius 3 is 3.05 bits per heavy atom. The maximum absolute atomic E-state index is 12.5. The Bertz CT molecular complexity index is 525. The van der Waals surface area contributed by atoms with Crippen LogP contribution in [-0.2, 0) is 16.1 Å². The summed E-state index contributed by atoms with van der Waals surface area (Å²) in [6.07, 6.45) is 2.12. The first-order chi connectivity index (χ1) is 10.1. The second kappa shape index (κ2) is 6.06. The van der Waals surface area contributed by atoms with Gasteiger partial charge in [0.2, 0.25) is 0 Å². The van der Waals surface area contributed by atoms with Crippen molar-refractivity contribution >= 4 is 5.91 Å². The SMILES string of the molecule is Cc1ccc2c(c1)CN(C(=O)C(C)OCC1CC1)CCO2. The lowest BCUT2D eigenvalue weighted by Crippen LogP contribution is -2.40. The average Bonchev–Trinajstić information content (AvgIpc) is 3.29. The molecule has 1 heterocycles. The molecular weight excluding hydrogens is 266 g/mol. The Labute approximate surface area is 126 Å². The van der Waals surface area contributed by atoms with Crippen molar-refractivity contribution < 1.29 is 14.3 Å². The highest BCUT2D eigenvalue weighted by atomic mass is 16.5. The number of fused-ring (bicyclic) bond motifs is 1. The molecule has 0 N–H and O–H groups in total. The van der Waals surface area contributed by atoms with E-state index < -0.39 is 0 Å². The molecule has 114 valence electrons. The number of hydrogen-bond acceptors (Lipinski definition) is 3. The van der Waals surface area contributed by atoms with E-state index in [1.807, 2.05) is 24.0 Å². The standard InChI is InChI=1S/C17H23NO3/c1-12-3-6-16-15(9-12)10-18(7-8-20-16)17(19)13(2)21-11-14-4-5-14/h3,6,9,13-14H,4-5,7-8,10-11H2,1-2H3. The molecule has 4 heteroatoms. The van der Waals surface area contributed by atoms with Gasteiger partial charge in [-0.3, -0.25) is 4.79 Å². The minimum atomic E-state index is -0.364. The van der Waals surface area contributed by atoms with Crippen LogP contribution in [-0.4, -0.2) is 36.7 Å². The normalized spacial score (nSPS) is 19.4. The minimum Gasteiger partial charge on any atom is -0.491 e. The summed E-state index contributed by atoms with van der Waals surface area (Å²) < 4.78 is 11.4. The summed E-state index contributed by atoms with van der Waals surface area (Å²) in [5.74, 6) is 1.63. The molecule has 1 aliphatic carbocycles. The molecule has 1 atom stereocenters. The van der Waals surface area contributed by atoms with Crippen molar-refractivity contribution in [3.8, 4) is 5.75 Å². The zero-order valence-corrected chi connectivity index (χ0v) is 12.8. The van der Waals surface area contributed by atoms with Crippen molar-refractivity contribution in [3.05, 3.63) is 29.3 Å². The van der Waals surface area contributed by atoms with E-state index in [0.717, 1.165) is 11.3 Å². The third kappa shape index (κ3) is 3.56. The van der Waals surface area contributed by atoms with Crippen LogP contribution in [0.5, 0.6) is 5.75 Å². The summed E-state index contributed by atoms with van der Waals surface area (Å²) in [6.45, 7) is 6.38. The van der Waals surface area contributed by atoms with Gasteiger partial charge in [0.1, 0.15) is 18.5 Å². The summed E-state index contributed by atoms with van der Waals surface area (Å²) in [5.41, 5.74) is 2.26. The summed E-state index contributed by atoms with van der Waals surface area (Å²) >= 11 is 0. The molecule has 0 spiro atoms. The second-order valence-corrected chi connectivity index (χ2v) is 6.14. The van der Waals surface area contributed by atoms with Gasteiger partial charge < -0.3 is 14.4 Å². The quantitative estimate of drug-likeness (QED) is 0.855. The molecule has 3 rings (SSSR count). The zero-order chi connectivity index (χ0) is 14.8. The van der Waals surface area contributed by atoms with Crippen LogP contribution in [0.3, 0.4) is 0 Å². The Morgan fingerprint density at radius 2 is 2.29 bits per heavy atom. The zero-order valence-electron chi connectivity index (χ0n) is 12.8. The van der Waals surface area contributed by atoms with Gasteiger partial charge in [-0.05, 0) is 38.7 Å². The molecular formula is C17H23NO3. The van der Waals surface area contributed by atoms with Crippen LogP contribution >= 0.6 is 0 Å². The van der Waals surface area contributed by atoms with Gasteiger partial charge in [0, 0.05) is 12.1 Å². The molecule has 4 nitrogen and oxygen atoms in total. The van der Waals surface area contributed by atoms with Gasteiger partial charge in [-0.2, -0.15) is 0 Å². The van der Waals surface area contributed by atoms with Crippen molar-refractivity contribution in [2.24, 2.45) is 5.92 Å². The summed E-state index contributed by atoms with van der Waals surface area (Å²) in [7, 11) is 0. The van der Waals surface area contributed by atoms with Crippen molar-refractivity contribution in [2.75, 3.05) is 19.8 Å². The monoisotopic (exact) mass is 289 g/mol. The van der Waals surface area contributed by atoms with Crippen molar-refractivity contribution in [2.45, 2.75) is 39.3 Å². The highest BCUT2D eigenvalue weighted by Crippen LogP contribution is 2.29. The Kier molecular flexibility index (Phi) is 4.15. The molecule has 0 saturated heterocycles. The number of carbonyl (C=O) groups is 1. The van der Waals surface area contributed by atoms with Gasteiger partial charge in [-0.15, -0.1) is 0 Å². The number of amides is 1. The lowest BCUT2D eigenvalue weighted by molar-refractivity contribution is -0.143. The number of carbonyl (C=O) groups excluding carboxylic acids is 1. The minimum absolute atomic E-state index is 0.0635. The molecule has 1 aromatic rings.